The Balaban J connectivity index is 0.00000272. The minimum atomic E-state index is -3.71. The lowest BCUT2D eigenvalue weighted by atomic mass is 10.2. The third-order valence-corrected chi connectivity index (χ3v) is 6.12. The van der Waals surface area contributed by atoms with E-state index in [4.69, 9.17) is 16.3 Å². The molecule has 160 valence electrons. The zero-order valence-corrected chi connectivity index (χ0v) is 18.8. The first kappa shape index (κ1) is 22.7. The molecular formula is C22H19Cl2N3O3S. The molecule has 4 aromatic rings. The second kappa shape index (κ2) is 9.43. The van der Waals surface area contributed by atoms with Crippen LogP contribution in [0.2, 0.25) is 5.02 Å². The van der Waals surface area contributed by atoms with E-state index in [1.165, 1.54) is 0 Å². The number of anilines is 3. The molecule has 31 heavy (non-hydrogen) atoms. The predicted molar refractivity (Wildman–Crippen MR) is 128 cm³/mol. The van der Waals surface area contributed by atoms with Gasteiger partial charge in [0.05, 0.1) is 17.5 Å². The number of fused-ring (bicyclic) bond motifs is 1. The average Bonchev–Trinajstić information content (AvgIpc) is 2.74. The van der Waals surface area contributed by atoms with Crippen LogP contribution in [-0.2, 0) is 10.0 Å². The van der Waals surface area contributed by atoms with E-state index >= 15 is 0 Å². The summed E-state index contributed by atoms with van der Waals surface area (Å²) in [4.78, 5) is 4.48. The van der Waals surface area contributed by atoms with Crippen molar-refractivity contribution in [3.05, 3.63) is 84.0 Å². The van der Waals surface area contributed by atoms with Crippen molar-refractivity contribution in [1.82, 2.24) is 4.98 Å². The lowest BCUT2D eigenvalue weighted by molar-refractivity contribution is 0.415. The van der Waals surface area contributed by atoms with Gasteiger partial charge in [0, 0.05) is 33.7 Å². The molecule has 0 saturated carbocycles. The van der Waals surface area contributed by atoms with E-state index in [1.54, 1.807) is 74.0 Å². The summed E-state index contributed by atoms with van der Waals surface area (Å²) in [6.07, 6.45) is 1.69. The molecule has 0 unspecified atom stereocenters. The first-order valence-corrected chi connectivity index (χ1v) is 10.9. The van der Waals surface area contributed by atoms with E-state index in [9.17, 15) is 8.42 Å². The summed E-state index contributed by atoms with van der Waals surface area (Å²) < 4.78 is 32.9. The molecule has 0 amide bonds. The molecule has 0 atom stereocenters. The number of ether oxygens (including phenoxy) is 1. The van der Waals surface area contributed by atoms with Crippen molar-refractivity contribution in [1.29, 1.82) is 0 Å². The molecule has 0 radical (unpaired) electrons. The Labute approximate surface area is 191 Å². The summed E-state index contributed by atoms with van der Waals surface area (Å²) in [5, 5.41) is 4.83. The maximum atomic E-state index is 12.6. The third-order valence-electron chi connectivity index (χ3n) is 4.49. The molecule has 4 rings (SSSR count). The van der Waals surface area contributed by atoms with Crippen LogP contribution in [-0.4, -0.2) is 20.5 Å². The SMILES string of the molecule is COc1ccc(NS(=O)(=O)c2ccc(Nc3ccnc4cc(Cl)ccc34)cc2)cc1.Cl. The van der Waals surface area contributed by atoms with Crippen molar-refractivity contribution < 1.29 is 13.2 Å². The number of benzene rings is 3. The number of pyridine rings is 1. The monoisotopic (exact) mass is 475 g/mol. The van der Waals surface area contributed by atoms with Crippen molar-refractivity contribution in [3.8, 4) is 5.75 Å². The summed E-state index contributed by atoms with van der Waals surface area (Å²) in [5.41, 5.74) is 2.83. The van der Waals surface area contributed by atoms with Crippen molar-refractivity contribution in [3.63, 3.8) is 0 Å². The summed E-state index contributed by atoms with van der Waals surface area (Å²) >= 11 is 6.04. The van der Waals surface area contributed by atoms with Crippen molar-refractivity contribution in [2.75, 3.05) is 17.1 Å². The first-order valence-electron chi connectivity index (χ1n) is 9.03. The number of halogens is 2. The molecule has 3 aromatic carbocycles. The molecule has 0 aliphatic rings. The van der Waals surface area contributed by atoms with Crippen LogP contribution in [0.4, 0.5) is 17.1 Å². The van der Waals surface area contributed by atoms with Crippen LogP contribution >= 0.6 is 24.0 Å². The minimum absolute atomic E-state index is 0. The average molecular weight is 476 g/mol. The highest BCUT2D eigenvalue weighted by molar-refractivity contribution is 7.92. The lowest BCUT2D eigenvalue weighted by Crippen LogP contribution is -2.12. The molecule has 0 spiro atoms. The van der Waals surface area contributed by atoms with Crippen LogP contribution < -0.4 is 14.8 Å². The fourth-order valence-electron chi connectivity index (χ4n) is 2.98. The zero-order valence-electron chi connectivity index (χ0n) is 16.4. The Hall–Kier alpha value is -3.00. The topological polar surface area (TPSA) is 80.3 Å². The number of aromatic nitrogens is 1. The third kappa shape index (κ3) is 5.19. The smallest absolute Gasteiger partial charge is 0.261 e. The van der Waals surface area contributed by atoms with Gasteiger partial charge in [-0.2, -0.15) is 0 Å². The number of hydrogen-bond donors (Lipinski definition) is 2. The van der Waals surface area contributed by atoms with E-state index in [1.807, 2.05) is 12.1 Å². The first-order chi connectivity index (χ1) is 14.4. The fraction of sp³-hybridized carbons (Fsp3) is 0.0455. The van der Waals surface area contributed by atoms with Crippen molar-refractivity contribution in [2.45, 2.75) is 4.90 Å². The summed E-state index contributed by atoms with van der Waals surface area (Å²) in [7, 11) is -2.15. The van der Waals surface area contributed by atoms with Crippen LogP contribution in [0.25, 0.3) is 10.9 Å². The number of rotatable bonds is 6. The van der Waals surface area contributed by atoms with Gasteiger partial charge < -0.3 is 10.1 Å². The van der Waals surface area contributed by atoms with Crippen LogP contribution in [0.1, 0.15) is 0 Å². The van der Waals surface area contributed by atoms with Gasteiger partial charge in [-0.05, 0) is 72.8 Å². The van der Waals surface area contributed by atoms with Crippen LogP contribution in [0, 0.1) is 0 Å². The van der Waals surface area contributed by atoms with Gasteiger partial charge >= 0.3 is 0 Å². The number of nitrogens with zero attached hydrogens (tertiary/aromatic N) is 1. The van der Waals surface area contributed by atoms with E-state index in [-0.39, 0.29) is 17.3 Å². The summed E-state index contributed by atoms with van der Waals surface area (Å²) in [5.74, 6) is 0.652. The Morgan fingerprint density at radius 3 is 2.26 bits per heavy atom. The van der Waals surface area contributed by atoms with Gasteiger partial charge in [-0.15, -0.1) is 12.4 Å². The van der Waals surface area contributed by atoms with E-state index in [0.29, 0.717) is 16.5 Å². The second-order valence-electron chi connectivity index (χ2n) is 6.50. The molecular weight excluding hydrogens is 457 g/mol. The van der Waals surface area contributed by atoms with Crippen LogP contribution in [0.3, 0.4) is 0 Å². The Morgan fingerprint density at radius 1 is 0.903 bits per heavy atom. The number of methoxy groups -OCH3 is 1. The van der Waals surface area contributed by atoms with Crippen LogP contribution in [0.15, 0.2) is 83.9 Å². The number of nitrogens with one attached hydrogen (secondary N) is 2. The zero-order chi connectivity index (χ0) is 21.1. The van der Waals surface area contributed by atoms with Gasteiger partial charge in [-0.1, -0.05) is 11.6 Å². The van der Waals surface area contributed by atoms with E-state index < -0.39 is 10.0 Å². The molecule has 0 saturated heterocycles. The van der Waals surface area contributed by atoms with Crippen LogP contribution in [0.5, 0.6) is 5.75 Å². The minimum Gasteiger partial charge on any atom is -0.497 e. The molecule has 9 heteroatoms. The predicted octanol–water partition coefficient (Wildman–Crippen LogP) is 5.86. The molecule has 1 aromatic heterocycles. The van der Waals surface area contributed by atoms with Crippen molar-refractivity contribution >= 4 is 62.0 Å². The van der Waals surface area contributed by atoms with Crippen molar-refractivity contribution in [2.24, 2.45) is 0 Å². The Morgan fingerprint density at radius 2 is 1.58 bits per heavy atom. The van der Waals surface area contributed by atoms with Gasteiger partial charge in [0.25, 0.3) is 10.0 Å². The highest BCUT2D eigenvalue weighted by Gasteiger charge is 2.14. The van der Waals surface area contributed by atoms with Gasteiger partial charge in [0.1, 0.15) is 5.75 Å². The van der Waals surface area contributed by atoms with E-state index in [2.05, 4.69) is 15.0 Å². The molecule has 6 nitrogen and oxygen atoms in total. The Bertz CT molecular complexity index is 1300. The van der Waals surface area contributed by atoms with Gasteiger partial charge in [-0.25, -0.2) is 8.42 Å². The lowest BCUT2D eigenvalue weighted by Gasteiger charge is -2.12. The second-order valence-corrected chi connectivity index (χ2v) is 8.62. The highest BCUT2D eigenvalue weighted by atomic mass is 35.5. The molecule has 0 fully saturated rings. The highest BCUT2D eigenvalue weighted by Crippen LogP contribution is 2.28. The fourth-order valence-corrected chi connectivity index (χ4v) is 4.20. The van der Waals surface area contributed by atoms with Gasteiger partial charge in [0.2, 0.25) is 0 Å². The summed E-state index contributed by atoms with van der Waals surface area (Å²) in [6, 6.07) is 20.5. The van der Waals surface area contributed by atoms with Gasteiger partial charge in [-0.3, -0.25) is 9.71 Å². The molecule has 0 aliphatic heterocycles. The normalized spacial score (nSPS) is 10.9. The van der Waals surface area contributed by atoms with E-state index in [0.717, 1.165) is 22.3 Å². The molecule has 0 bridgehead atoms. The standard InChI is InChI=1S/C22H18ClN3O3S.ClH/c1-29-18-7-3-17(4-8-18)26-30(27,28)19-9-5-16(6-10-19)25-21-12-13-24-22-14-15(23)2-11-20(21)22;/h2-14,26H,1H3,(H,24,25);1H. The Kier molecular flexibility index (Phi) is 6.90. The maximum Gasteiger partial charge on any atom is 0.261 e. The largest absolute Gasteiger partial charge is 0.497 e. The molecule has 2 N–H and O–H groups in total. The number of hydrogen-bond acceptors (Lipinski definition) is 5. The molecule has 1 heterocycles. The molecule has 0 aliphatic carbocycles. The van der Waals surface area contributed by atoms with Gasteiger partial charge in [0.15, 0.2) is 0 Å². The maximum absolute atomic E-state index is 12.6. The summed E-state index contributed by atoms with van der Waals surface area (Å²) in [6.45, 7) is 0. The quantitative estimate of drug-likeness (QED) is 0.364. The number of sulfonamides is 1.